The van der Waals surface area contributed by atoms with Crippen LogP contribution in [0.2, 0.25) is 0 Å². The van der Waals surface area contributed by atoms with Gasteiger partial charge < -0.3 is 4.90 Å². The van der Waals surface area contributed by atoms with Crippen molar-refractivity contribution in [3.63, 3.8) is 0 Å². The van der Waals surface area contributed by atoms with Gasteiger partial charge in [0.25, 0.3) is 0 Å². The van der Waals surface area contributed by atoms with Gasteiger partial charge in [0, 0.05) is 13.5 Å². The van der Waals surface area contributed by atoms with Crippen LogP contribution in [0, 0.1) is 0 Å². The largest absolute Gasteiger partial charge is 0.349 e. The lowest BCUT2D eigenvalue weighted by molar-refractivity contribution is 0.478. The average Bonchev–Trinajstić information content (AvgIpc) is 2.32. The van der Waals surface area contributed by atoms with Gasteiger partial charge in [-0.2, -0.15) is 0 Å². The number of hydrogen-bond donors (Lipinski definition) is 0. The fourth-order valence-corrected chi connectivity index (χ4v) is 1.64. The van der Waals surface area contributed by atoms with Gasteiger partial charge in [0.2, 0.25) is 0 Å². The SMILES string of the molecule is CN1C=NC(=NCc2ccccc2)CC1Cl. The molecule has 0 amide bonds. The van der Waals surface area contributed by atoms with Crippen LogP contribution in [0.3, 0.4) is 0 Å². The molecule has 1 unspecified atom stereocenters. The van der Waals surface area contributed by atoms with E-state index >= 15 is 0 Å². The highest BCUT2D eigenvalue weighted by molar-refractivity contribution is 6.23. The lowest BCUT2D eigenvalue weighted by Gasteiger charge is -2.23. The second-order valence-electron chi connectivity index (χ2n) is 3.77. The van der Waals surface area contributed by atoms with Crippen molar-refractivity contribution in [2.24, 2.45) is 9.98 Å². The average molecular weight is 236 g/mol. The third-order valence-electron chi connectivity index (χ3n) is 2.47. The van der Waals surface area contributed by atoms with E-state index in [2.05, 4.69) is 22.1 Å². The number of hydrogen-bond acceptors (Lipinski definition) is 2. The van der Waals surface area contributed by atoms with E-state index in [0.29, 0.717) is 13.0 Å². The Morgan fingerprint density at radius 1 is 1.44 bits per heavy atom. The van der Waals surface area contributed by atoms with Gasteiger partial charge in [0.1, 0.15) is 11.3 Å². The van der Waals surface area contributed by atoms with E-state index < -0.39 is 0 Å². The molecule has 2 rings (SSSR count). The maximum atomic E-state index is 6.10. The topological polar surface area (TPSA) is 28.0 Å². The first-order valence-electron chi connectivity index (χ1n) is 5.23. The Balaban J connectivity index is 2.01. The first-order valence-corrected chi connectivity index (χ1v) is 5.67. The first kappa shape index (κ1) is 11.1. The zero-order chi connectivity index (χ0) is 11.4. The minimum absolute atomic E-state index is 0.0352. The lowest BCUT2D eigenvalue weighted by Crippen LogP contribution is -2.31. The zero-order valence-electron chi connectivity index (χ0n) is 9.18. The summed E-state index contributed by atoms with van der Waals surface area (Å²) in [5, 5.41) is 0. The Bertz CT molecular complexity index is 400. The van der Waals surface area contributed by atoms with Crippen LogP contribution in [0.25, 0.3) is 0 Å². The second-order valence-corrected chi connectivity index (χ2v) is 4.27. The Hall–Kier alpha value is -1.35. The summed E-state index contributed by atoms with van der Waals surface area (Å²) in [5.41, 5.74) is 1.15. The normalized spacial score (nSPS) is 22.8. The van der Waals surface area contributed by atoms with Crippen molar-refractivity contribution in [2.45, 2.75) is 18.5 Å². The molecule has 1 aliphatic heterocycles. The van der Waals surface area contributed by atoms with Crippen molar-refractivity contribution in [1.82, 2.24) is 4.90 Å². The van der Waals surface area contributed by atoms with E-state index in [9.17, 15) is 0 Å². The van der Waals surface area contributed by atoms with Crippen LogP contribution in [0.15, 0.2) is 40.3 Å². The van der Waals surface area contributed by atoms with Crippen molar-refractivity contribution in [2.75, 3.05) is 7.05 Å². The van der Waals surface area contributed by atoms with E-state index in [1.807, 2.05) is 30.1 Å². The molecule has 0 aromatic heterocycles. The zero-order valence-corrected chi connectivity index (χ0v) is 9.93. The molecule has 0 aliphatic carbocycles. The highest BCUT2D eigenvalue weighted by Gasteiger charge is 2.16. The van der Waals surface area contributed by atoms with Crippen LogP contribution in [0.4, 0.5) is 0 Å². The number of halogens is 1. The van der Waals surface area contributed by atoms with Crippen LogP contribution >= 0.6 is 11.6 Å². The summed E-state index contributed by atoms with van der Waals surface area (Å²) in [6.07, 6.45) is 2.42. The van der Waals surface area contributed by atoms with Gasteiger partial charge in [-0.1, -0.05) is 41.9 Å². The summed E-state index contributed by atoms with van der Waals surface area (Å²) in [6, 6.07) is 10.1. The molecule has 0 N–H and O–H groups in total. The highest BCUT2D eigenvalue weighted by Crippen LogP contribution is 2.12. The Morgan fingerprint density at radius 2 is 2.19 bits per heavy atom. The summed E-state index contributed by atoms with van der Waals surface area (Å²) in [5.74, 6) is 0.821. The summed E-state index contributed by atoms with van der Waals surface area (Å²) in [4.78, 5) is 10.6. The maximum Gasteiger partial charge on any atom is 0.128 e. The quantitative estimate of drug-likeness (QED) is 0.572. The van der Waals surface area contributed by atoms with Crippen molar-refractivity contribution in [3.05, 3.63) is 35.9 Å². The maximum absolute atomic E-state index is 6.10. The van der Waals surface area contributed by atoms with Gasteiger partial charge in [-0.25, -0.2) is 4.99 Å². The van der Waals surface area contributed by atoms with Crippen LogP contribution < -0.4 is 0 Å². The first-order chi connectivity index (χ1) is 7.75. The highest BCUT2D eigenvalue weighted by atomic mass is 35.5. The minimum Gasteiger partial charge on any atom is -0.349 e. The van der Waals surface area contributed by atoms with Gasteiger partial charge in [-0.05, 0) is 5.56 Å². The van der Waals surface area contributed by atoms with Gasteiger partial charge in [0.15, 0.2) is 0 Å². The molecule has 4 heteroatoms. The molecule has 1 aromatic carbocycles. The predicted octanol–water partition coefficient (Wildman–Crippen LogP) is 2.51. The third kappa shape index (κ3) is 2.83. The molecule has 0 saturated heterocycles. The van der Waals surface area contributed by atoms with E-state index in [0.717, 1.165) is 5.84 Å². The fourth-order valence-electron chi connectivity index (χ4n) is 1.45. The molecule has 84 valence electrons. The molecule has 0 spiro atoms. The molecule has 1 atom stereocenters. The Labute approximate surface area is 100 Å². The minimum atomic E-state index is -0.0352. The summed E-state index contributed by atoms with van der Waals surface area (Å²) in [6.45, 7) is 0.667. The van der Waals surface area contributed by atoms with Gasteiger partial charge in [-0.3, -0.25) is 4.99 Å². The standard InChI is InChI=1S/C12H14ClN3/c1-16-9-15-12(7-11(16)13)14-8-10-5-3-2-4-6-10/h2-6,9,11H,7-8H2,1H3. The summed E-state index contributed by atoms with van der Waals surface area (Å²) < 4.78 is 0. The van der Waals surface area contributed by atoms with Crippen LogP contribution in [0.1, 0.15) is 12.0 Å². The van der Waals surface area contributed by atoms with Gasteiger partial charge >= 0.3 is 0 Å². The van der Waals surface area contributed by atoms with Crippen LogP contribution in [0.5, 0.6) is 0 Å². The Morgan fingerprint density at radius 3 is 2.88 bits per heavy atom. The molecule has 1 aromatic rings. The molecule has 0 radical (unpaired) electrons. The van der Waals surface area contributed by atoms with Crippen LogP contribution in [-0.2, 0) is 6.54 Å². The van der Waals surface area contributed by atoms with Crippen molar-refractivity contribution >= 4 is 23.8 Å². The van der Waals surface area contributed by atoms with E-state index in [4.69, 9.17) is 11.6 Å². The van der Waals surface area contributed by atoms with Crippen molar-refractivity contribution in [3.8, 4) is 0 Å². The molecular formula is C12H14ClN3. The molecule has 0 bridgehead atoms. The summed E-state index contributed by atoms with van der Waals surface area (Å²) >= 11 is 6.10. The number of alkyl halides is 1. The molecule has 0 fully saturated rings. The number of nitrogens with zero attached hydrogens (tertiary/aromatic N) is 3. The monoisotopic (exact) mass is 235 g/mol. The molecule has 16 heavy (non-hydrogen) atoms. The van der Waals surface area contributed by atoms with E-state index in [1.165, 1.54) is 5.56 Å². The fraction of sp³-hybridized carbons (Fsp3) is 0.333. The predicted molar refractivity (Wildman–Crippen MR) is 68.1 cm³/mol. The smallest absolute Gasteiger partial charge is 0.128 e. The second kappa shape index (κ2) is 5.12. The molecular weight excluding hydrogens is 222 g/mol. The summed E-state index contributed by atoms with van der Waals surface area (Å²) in [7, 11) is 1.91. The number of rotatable bonds is 2. The number of benzene rings is 1. The number of aliphatic imine (C=N–C) groups is 2. The van der Waals surface area contributed by atoms with E-state index in [1.54, 1.807) is 6.34 Å². The van der Waals surface area contributed by atoms with E-state index in [-0.39, 0.29) is 5.50 Å². The van der Waals surface area contributed by atoms with Crippen molar-refractivity contribution in [1.29, 1.82) is 0 Å². The van der Waals surface area contributed by atoms with Gasteiger partial charge in [0.05, 0.1) is 12.9 Å². The molecule has 1 aliphatic rings. The molecule has 3 nitrogen and oxygen atoms in total. The third-order valence-corrected chi connectivity index (χ3v) is 2.93. The van der Waals surface area contributed by atoms with Crippen molar-refractivity contribution < 1.29 is 0 Å². The molecule has 1 heterocycles. The Kier molecular flexibility index (Phi) is 3.57. The van der Waals surface area contributed by atoms with Gasteiger partial charge in [-0.15, -0.1) is 0 Å². The number of amidine groups is 1. The van der Waals surface area contributed by atoms with Crippen LogP contribution in [-0.4, -0.2) is 29.6 Å². The molecule has 0 saturated carbocycles. The lowest BCUT2D eigenvalue weighted by atomic mass is 10.2.